The highest BCUT2D eigenvalue weighted by molar-refractivity contribution is 7.92. The largest absolute Gasteiger partial charge is 0.282 e. The highest BCUT2D eigenvalue weighted by Gasteiger charge is 2.09. The molecular formula is C4H11N3OS. The lowest BCUT2D eigenvalue weighted by molar-refractivity contribution is 0.109. The fourth-order valence-electron chi connectivity index (χ4n) is 0.501. The Labute approximate surface area is 59.2 Å². The van der Waals surface area contributed by atoms with Gasteiger partial charge in [-0.3, -0.25) is 4.18 Å². The minimum atomic E-state index is 0.602. The second-order valence-electron chi connectivity index (χ2n) is 1.76. The van der Waals surface area contributed by atoms with Crippen molar-refractivity contribution in [2.24, 2.45) is 0 Å². The molecule has 0 aliphatic carbocycles. The molecule has 1 heterocycles. The topological polar surface area (TPSA) is 36.5 Å². The zero-order chi connectivity index (χ0) is 6.53. The number of nitrogens with one attached hydrogen (secondary N) is 2. The molecule has 4 nitrogen and oxygen atoms in total. The molecule has 0 saturated carbocycles. The number of hydrogen-bond donors (Lipinski definition) is 2. The van der Waals surface area contributed by atoms with E-state index in [2.05, 4.69) is 17.2 Å². The predicted molar refractivity (Wildman–Crippen MR) is 36.8 cm³/mol. The van der Waals surface area contributed by atoms with Crippen LogP contribution in [0.2, 0.25) is 0 Å². The zero-order valence-electron chi connectivity index (χ0n) is 5.39. The van der Waals surface area contributed by atoms with E-state index in [1.165, 1.54) is 12.2 Å². The molecule has 0 unspecified atom stereocenters. The SMILES string of the molecule is CCCNN1COSN1. The maximum Gasteiger partial charge on any atom is 0.144 e. The Morgan fingerprint density at radius 2 is 2.78 bits per heavy atom. The van der Waals surface area contributed by atoms with Gasteiger partial charge < -0.3 is 0 Å². The molecule has 0 spiro atoms. The molecule has 0 aromatic rings. The van der Waals surface area contributed by atoms with Crippen LogP contribution in [-0.4, -0.2) is 18.4 Å². The molecule has 1 aliphatic heterocycles. The standard InChI is InChI=1S/C4H11N3OS/c1-2-3-5-7-4-8-9-6-7/h5-6H,2-4H2,1H3. The summed E-state index contributed by atoms with van der Waals surface area (Å²) in [7, 11) is 0. The van der Waals surface area contributed by atoms with Gasteiger partial charge in [-0.15, -0.1) is 5.12 Å². The lowest BCUT2D eigenvalue weighted by Crippen LogP contribution is -2.41. The van der Waals surface area contributed by atoms with Crippen molar-refractivity contribution in [3.8, 4) is 0 Å². The molecule has 54 valence electrons. The Kier molecular flexibility index (Phi) is 3.31. The Hall–Kier alpha value is 0.190. The van der Waals surface area contributed by atoms with E-state index in [-0.39, 0.29) is 0 Å². The summed E-state index contributed by atoms with van der Waals surface area (Å²) in [5.74, 6) is 0. The monoisotopic (exact) mass is 149 g/mol. The molecule has 0 radical (unpaired) electrons. The molecule has 0 aromatic carbocycles. The van der Waals surface area contributed by atoms with E-state index in [1.807, 2.05) is 5.12 Å². The van der Waals surface area contributed by atoms with Crippen LogP contribution in [0.3, 0.4) is 0 Å². The molecule has 0 aromatic heterocycles. The molecule has 1 rings (SSSR count). The fraction of sp³-hybridized carbons (Fsp3) is 1.00. The van der Waals surface area contributed by atoms with Crippen LogP contribution in [0.5, 0.6) is 0 Å². The average Bonchev–Trinajstić information content (AvgIpc) is 2.34. The van der Waals surface area contributed by atoms with E-state index in [9.17, 15) is 0 Å². The second-order valence-corrected chi connectivity index (χ2v) is 2.34. The van der Waals surface area contributed by atoms with Gasteiger partial charge in [0.05, 0.1) is 12.2 Å². The molecule has 1 aliphatic rings. The van der Waals surface area contributed by atoms with Crippen molar-refractivity contribution in [2.75, 3.05) is 13.3 Å². The molecule has 9 heavy (non-hydrogen) atoms. The average molecular weight is 149 g/mol. The van der Waals surface area contributed by atoms with Crippen molar-refractivity contribution in [2.45, 2.75) is 13.3 Å². The van der Waals surface area contributed by atoms with Crippen molar-refractivity contribution < 1.29 is 4.18 Å². The normalized spacial score (nSPS) is 21.0. The van der Waals surface area contributed by atoms with Crippen LogP contribution in [0.1, 0.15) is 13.3 Å². The van der Waals surface area contributed by atoms with Crippen LogP contribution >= 0.6 is 12.2 Å². The van der Waals surface area contributed by atoms with Crippen LogP contribution in [0.4, 0.5) is 0 Å². The third kappa shape index (κ3) is 2.51. The van der Waals surface area contributed by atoms with Crippen LogP contribution in [-0.2, 0) is 4.18 Å². The van der Waals surface area contributed by atoms with E-state index in [0.717, 1.165) is 13.0 Å². The first-order valence-corrected chi connectivity index (χ1v) is 3.73. The summed E-state index contributed by atoms with van der Waals surface area (Å²) in [6, 6.07) is 0. The lowest BCUT2D eigenvalue weighted by Gasteiger charge is -2.11. The van der Waals surface area contributed by atoms with Crippen LogP contribution in [0.25, 0.3) is 0 Å². The van der Waals surface area contributed by atoms with E-state index < -0.39 is 0 Å². The third-order valence-electron chi connectivity index (χ3n) is 0.941. The van der Waals surface area contributed by atoms with Crippen molar-refractivity contribution in [1.29, 1.82) is 0 Å². The van der Waals surface area contributed by atoms with Crippen LogP contribution in [0, 0.1) is 0 Å². The van der Waals surface area contributed by atoms with E-state index in [4.69, 9.17) is 4.18 Å². The summed E-state index contributed by atoms with van der Waals surface area (Å²) in [6.45, 7) is 3.71. The van der Waals surface area contributed by atoms with Crippen molar-refractivity contribution in [3.05, 3.63) is 0 Å². The quantitative estimate of drug-likeness (QED) is 0.444. The van der Waals surface area contributed by atoms with E-state index in [0.29, 0.717) is 6.73 Å². The summed E-state index contributed by atoms with van der Waals surface area (Å²) in [6.07, 6.45) is 1.13. The maximum atomic E-state index is 4.92. The van der Waals surface area contributed by atoms with Gasteiger partial charge >= 0.3 is 0 Å². The number of hydrogen-bond acceptors (Lipinski definition) is 5. The van der Waals surface area contributed by atoms with Crippen molar-refractivity contribution >= 4 is 12.2 Å². The summed E-state index contributed by atoms with van der Waals surface area (Å²) >= 11 is 1.25. The maximum absolute atomic E-state index is 4.92. The van der Waals surface area contributed by atoms with Crippen molar-refractivity contribution in [3.63, 3.8) is 0 Å². The molecule has 2 N–H and O–H groups in total. The lowest BCUT2D eigenvalue weighted by atomic mass is 10.5. The molecule has 0 bridgehead atoms. The molecular weight excluding hydrogens is 138 g/mol. The first kappa shape index (κ1) is 7.30. The summed E-state index contributed by atoms with van der Waals surface area (Å²) in [5.41, 5.74) is 3.11. The van der Waals surface area contributed by atoms with Gasteiger partial charge in [-0.2, -0.15) is 4.83 Å². The highest BCUT2D eigenvalue weighted by Crippen LogP contribution is 2.04. The van der Waals surface area contributed by atoms with Crippen LogP contribution < -0.4 is 10.3 Å². The highest BCUT2D eigenvalue weighted by atomic mass is 32.2. The summed E-state index contributed by atoms with van der Waals surface area (Å²) in [5, 5.41) is 1.81. The first-order chi connectivity index (χ1) is 4.43. The minimum Gasteiger partial charge on any atom is -0.282 e. The zero-order valence-corrected chi connectivity index (χ0v) is 6.20. The van der Waals surface area contributed by atoms with Crippen LogP contribution in [0.15, 0.2) is 0 Å². The first-order valence-electron chi connectivity index (χ1n) is 2.98. The van der Waals surface area contributed by atoms with Crippen molar-refractivity contribution in [1.82, 2.24) is 15.4 Å². The molecule has 5 heteroatoms. The van der Waals surface area contributed by atoms with Gasteiger partial charge in [-0.05, 0) is 6.42 Å². The molecule has 1 fully saturated rings. The van der Waals surface area contributed by atoms with Gasteiger partial charge in [-0.25, -0.2) is 5.43 Å². The Morgan fingerprint density at radius 1 is 1.89 bits per heavy atom. The third-order valence-corrected chi connectivity index (χ3v) is 1.46. The molecule has 0 atom stereocenters. The Morgan fingerprint density at radius 3 is 3.33 bits per heavy atom. The molecule has 1 saturated heterocycles. The smallest absolute Gasteiger partial charge is 0.144 e. The number of rotatable bonds is 3. The fourth-order valence-corrected chi connectivity index (χ4v) is 0.919. The summed E-state index contributed by atoms with van der Waals surface area (Å²) < 4.78 is 4.92. The van der Waals surface area contributed by atoms with E-state index >= 15 is 0 Å². The van der Waals surface area contributed by atoms with Gasteiger partial charge in [0.1, 0.15) is 6.73 Å². The number of hydrazine groups is 2. The Balaban J connectivity index is 1.98. The Bertz CT molecular complexity index is 76.2. The van der Waals surface area contributed by atoms with Gasteiger partial charge in [0, 0.05) is 6.54 Å². The van der Waals surface area contributed by atoms with Gasteiger partial charge in [0.15, 0.2) is 0 Å². The van der Waals surface area contributed by atoms with E-state index in [1.54, 1.807) is 0 Å². The van der Waals surface area contributed by atoms with Gasteiger partial charge in [-0.1, -0.05) is 6.92 Å². The number of nitrogens with zero attached hydrogens (tertiary/aromatic N) is 1. The van der Waals surface area contributed by atoms with Gasteiger partial charge in [0.25, 0.3) is 0 Å². The predicted octanol–water partition coefficient (Wildman–Crippen LogP) is 0.259. The minimum absolute atomic E-state index is 0.602. The second kappa shape index (κ2) is 4.08. The summed E-state index contributed by atoms with van der Waals surface area (Å²) in [4.78, 5) is 2.91. The molecule has 0 amide bonds. The van der Waals surface area contributed by atoms with Gasteiger partial charge in [0.2, 0.25) is 0 Å².